The van der Waals surface area contributed by atoms with Gasteiger partial charge in [0.05, 0.1) is 6.61 Å². The molecule has 0 aliphatic rings. The second kappa shape index (κ2) is 5.35. The lowest BCUT2D eigenvalue weighted by Gasteiger charge is -2.16. The summed E-state index contributed by atoms with van der Waals surface area (Å²) in [5.74, 6) is 0. The molecule has 0 aliphatic carbocycles. The van der Waals surface area contributed by atoms with Crippen molar-refractivity contribution in [3.63, 3.8) is 0 Å². The van der Waals surface area contributed by atoms with Crippen molar-refractivity contribution in [2.24, 2.45) is 0 Å². The summed E-state index contributed by atoms with van der Waals surface area (Å²) in [7, 11) is 1.99. The van der Waals surface area contributed by atoms with Gasteiger partial charge in [0.1, 0.15) is 0 Å². The summed E-state index contributed by atoms with van der Waals surface area (Å²) in [5, 5.41) is 9.54. The second-order valence-electron chi connectivity index (χ2n) is 3.53. The van der Waals surface area contributed by atoms with Gasteiger partial charge < -0.3 is 5.11 Å². The van der Waals surface area contributed by atoms with Crippen molar-refractivity contribution in [2.45, 2.75) is 13.5 Å². The van der Waals surface area contributed by atoms with Gasteiger partial charge in [0.25, 0.3) is 0 Å². The maximum absolute atomic E-state index is 8.77. The van der Waals surface area contributed by atoms with Crippen LogP contribution in [0.2, 0.25) is 5.02 Å². The minimum atomic E-state index is 0.198. The van der Waals surface area contributed by atoms with E-state index >= 15 is 0 Å². The van der Waals surface area contributed by atoms with Crippen LogP contribution in [-0.2, 0) is 6.54 Å². The van der Waals surface area contributed by atoms with Gasteiger partial charge in [-0.05, 0) is 37.2 Å². The van der Waals surface area contributed by atoms with Gasteiger partial charge in [0, 0.05) is 18.1 Å². The fourth-order valence-corrected chi connectivity index (χ4v) is 1.60. The Kier molecular flexibility index (Phi) is 4.39. The molecule has 78 valence electrons. The maximum Gasteiger partial charge on any atom is 0.0558 e. The van der Waals surface area contributed by atoms with Gasteiger partial charge in [-0.1, -0.05) is 17.7 Å². The Morgan fingerprint density at radius 1 is 1.43 bits per heavy atom. The van der Waals surface area contributed by atoms with E-state index in [1.165, 1.54) is 11.1 Å². The highest BCUT2D eigenvalue weighted by molar-refractivity contribution is 6.30. The van der Waals surface area contributed by atoms with Crippen molar-refractivity contribution < 1.29 is 5.11 Å². The van der Waals surface area contributed by atoms with E-state index in [1.807, 2.05) is 32.2 Å². The molecule has 0 aliphatic heterocycles. The zero-order valence-electron chi connectivity index (χ0n) is 8.63. The first kappa shape index (κ1) is 11.5. The normalized spacial score (nSPS) is 10.9. The number of halogens is 1. The lowest BCUT2D eigenvalue weighted by atomic mass is 10.1. The molecule has 0 bridgehead atoms. The first-order chi connectivity index (χ1) is 6.63. The lowest BCUT2D eigenvalue weighted by Crippen LogP contribution is -2.21. The highest BCUT2D eigenvalue weighted by Crippen LogP contribution is 2.16. The standard InChI is InChI=1S/C11H16ClNO/c1-9-7-11(12)4-3-10(9)8-13(2)5-6-14/h3-4,7,14H,5-6,8H2,1-2H3. The summed E-state index contributed by atoms with van der Waals surface area (Å²) < 4.78 is 0. The predicted molar refractivity (Wildman–Crippen MR) is 59.6 cm³/mol. The maximum atomic E-state index is 8.77. The van der Waals surface area contributed by atoms with E-state index in [4.69, 9.17) is 16.7 Å². The average molecular weight is 214 g/mol. The van der Waals surface area contributed by atoms with Gasteiger partial charge in [-0.2, -0.15) is 0 Å². The zero-order chi connectivity index (χ0) is 10.6. The summed E-state index contributed by atoms with van der Waals surface area (Å²) in [6, 6.07) is 5.89. The molecule has 0 saturated heterocycles. The smallest absolute Gasteiger partial charge is 0.0558 e. The summed E-state index contributed by atoms with van der Waals surface area (Å²) in [6.07, 6.45) is 0. The monoisotopic (exact) mass is 213 g/mol. The van der Waals surface area contributed by atoms with Gasteiger partial charge >= 0.3 is 0 Å². The summed E-state index contributed by atoms with van der Waals surface area (Å²) >= 11 is 5.86. The fourth-order valence-electron chi connectivity index (χ4n) is 1.38. The topological polar surface area (TPSA) is 23.5 Å². The van der Waals surface area contributed by atoms with Crippen LogP contribution >= 0.6 is 11.6 Å². The molecule has 1 aromatic carbocycles. The van der Waals surface area contributed by atoms with Gasteiger partial charge in [-0.3, -0.25) is 4.90 Å². The molecule has 0 atom stereocenters. The van der Waals surface area contributed by atoms with Crippen molar-refractivity contribution >= 4 is 11.6 Å². The van der Waals surface area contributed by atoms with Crippen LogP contribution in [0.15, 0.2) is 18.2 Å². The first-order valence-corrected chi connectivity index (χ1v) is 5.05. The third-order valence-electron chi connectivity index (χ3n) is 2.23. The van der Waals surface area contributed by atoms with Crippen molar-refractivity contribution in [1.29, 1.82) is 0 Å². The molecule has 1 N–H and O–H groups in total. The van der Waals surface area contributed by atoms with E-state index in [2.05, 4.69) is 4.90 Å². The molecule has 0 fully saturated rings. The summed E-state index contributed by atoms with van der Waals surface area (Å²) in [4.78, 5) is 2.08. The van der Waals surface area contributed by atoms with Crippen LogP contribution in [0.5, 0.6) is 0 Å². The predicted octanol–water partition coefficient (Wildman–Crippen LogP) is 2.07. The van der Waals surface area contributed by atoms with Gasteiger partial charge in [0.2, 0.25) is 0 Å². The Hall–Kier alpha value is -0.570. The number of aliphatic hydroxyl groups excluding tert-OH is 1. The molecule has 2 nitrogen and oxygen atoms in total. The van der Waals surface area contributed by atoms with Crippen LogP contribution in [0.3, 0.4) is 0 Å². The number of aryl methyl sites for hydroxylation is 1. The largest absolute Gasteiger partial charge is 0.395 e. The quantitative estimate of drug-likeness (QED) is 0.828. The molecular weight excluding hydrogens is 198 g/mol. The zero-order valence-corrected chi connectivity index (χ0v) is 9.38. The Balaban J connectivity index is 2.67. The van der Waals surface area contributed by atoms with Gasteiger partial charge in [-0.15, -0.1) is 0 Å². The fraction of sp³-hybridized carbons (Fsp3) is 0.455. The van der Waals surface area contributed by atoms with E-state index in [0.717, 1.165) is 11.6 Å². The van der Waals surface area contributed by atoms with E-state index in [-0.39, 0.29) is 6.61 Å². The number of benzene rings is 1. The number of likely N-dealkylation sites (N-methyl/N-ethyl adjacent to an activating group) is 1. The molecule has 0 aromatic heterocycles. The number of nitrogens with zero attached hydrogens (tertiary/aromatic N) is 1. The van der Waals surface area contributed by atoms with E-state index < -0.39 is 0 Å². The molecule has 0 saturated carbocycles. The second-order valence-corrected chi connectivity index (χ2v) is 3.97. The van der Waals surface area contributed by atoms with Crippen LogP contribution in [0, 0.1) is 6.92 Å². The lowest BCUT2D eigenvalue weighted by molar-refractivity contribution is 0.217. The van der Waals surface area contributed by atoms with Crippen LogP contribution < -0.4 is 0 Å². The Labute approximate surface area is 90.1 Å². The first-order valence-electron chi connectivity index (χ1n) is 4.68. The molecular formula is C11H16ClNO. The number of rotatable bonds is 4. The summed E-state index contributed by atoms with van der Waals surface area (Å²) in [5.41, 5.74) is 2.45. The molecule has 0 amide bonds. The third kappa shape index (κ3) is 3.29. The molecule has 0 heterocycles. The van der Waals surface area contributed by atoms with E-state index in [1.54, 1.807) is 0 Å². The number of hydrogen-bond acceptors (Lipinski definition) is 2. The van der Waals surface area contributed by atoms with Crippen LogP contribution in [-0.4, -0.2) is 30.2 Å². The Morgan fingerprint density at radius 2 is 2.14 bits per heavy atom. The van der Waals surface area contributed by atoms with Gasteiger partial charge in [-0.25, -0.2) is 0 Å². The van der Waals surface area contributed by atoms with Crippen molar-refractivity contribution in [1.82, 2.24) is 4.90 Å². The molecule has 14 heavy (non-hydrogen) atoms. The Morgan fingerprint density at radius 3 is 2.71 bits per heavy atom. The molecule has 0 unspecified atom stereocenters. The molecule has 3 heteroatoms. The summed E-state index contributed by atoms with van der Waals surface area (Å²) in [6.45, 7) is 3.79. The van der Waals surface area contributed by atoms with Crippen molar-refractivity contribution in [2.75, 3.05) is 20.2 Å². The van der Waals surface area contributed by atoms with Crippen LogP contribution in [0.25, 0.3) is 0 Å². The minimum absolute atomic E-state index is 0.198. The van der Waals surface area contributed by atoms with Crippen molar-refractivity contribution in [3.8, 4) is 0 Å². The number of hydrogen-bond donors (Lipinski definition) is 1. The van der Waals surface area contributed by atoms with E-state index in [9.17, 15) is 0 Å². The molecule has 1 rings (SSSR count). The highest BCUT2D eigenvalue weighted by atomic mass is 35.5. The molecule has 0 radical (unpaired) electrons. The SMILES string of the molecule is Cc1cc(Cl)ccc1CN(C)CCO. The minimum Gasteiger partial charge on any atom is -0.395 e. The average Bonchev–Trinajstić information content (AvgIpc) is 2.10. The third-order valence-corrected chi connectivity index (χ3v) is 2.46. The molecule has 1 aromatic rings. The Bertz CT molecular complexity index is 301. The molecule has 0 spiro atoms. The number of aliphatic hydroxyl groups is 1. The van der Waals surface area contributed by atoms with Crippen LogP contribution in [0.4, 0.5) is 0 Å². The highest BCUT2D eigenvalue weighted by Gasteiger charge is 2.02. The van der Waals surface area contributed by atoms with E-state index in [0.29, 0.717) is 6.54 Å². The van der Waals surface area contributed by atoms with Crippen LogP contribution in [0.1, 0.15) is 11.1 Å². The van der Waals surface area contributed by atoms with Gasteiger partial charge in [0.15, 0.2) is 0 Å². The van der Waals surface area contributed by atoms with Crippen molar-refractivity contribution in [3.05, 3.63) is 34.3 Å².